The molecule has 2 amide bonds. The van der Waals surface area contributed by atoms with E-state index in [-0.39, 0.29) is 44.1 Å². The number of hydrogen-bond acceptors (Lipinski definition) is 4. The van der Waals surface area contributed by atoms with E-state index in [0.717, 1.165) is 16.7 Å². The Hall–Kier alpha value is -0.840. The average molecular weight is 550 g/mol. The molecule has 0 spiro atoms. The second-order valence-electron chi connectivity index (χ2n) is 5.40. The van der Waals surface area contributed by atoms with Crippen molar-refractivity contribution in [1.29, 1.82) is 0 Å². The fourth-order valence-corrected chi connectivity index (χ4v) is 3.69. The van der Waals surface area contributed by atoms with Gasteiger partial charge in [0.1, 0.15) is 11.6 Å². The predicted molar refractivity (Wildman–Crippen MR) is 133 cm³/mol. The average Bonchev–Trinajstić information content (AvgIpc) is 2.57. The summed E-state index contributed by atoms with van der Waals surface area (Å²) in [7, 11) is 0. The third-order valence-electron chi connectivity index (χ3n) is 2.97. The van der Waals surface area contributed by atoms with E-state index in [1.165, 1.54) is 43.8 Å². The fourth-order valence-electron chi connectivity index (χ4n) is 1.90. The molecule has 174 valence electrons. The van der Waals surface area contributed by atoms with Gasteiger partial charge in [0.15, 0.2) is 0 Å². The third kappa shape index (κ3) is 13.3. The fraction of sp³-hybridized carbons (Fsp3) is 0.263. The largest absolute Gasteiger partial charge is 2.00 e. The van der Waals surface area contributed by atoms with Gasteiger partial charge in [-0.05, 0) is 42.7 Å². The van der Waals surface area contributed by atoms with E-state index in [2.05, 4.69) is 10.6 Å². The van der Waals surface area contributed by atoms with Crippen molar-refractivity contribution >= 4 is 95.0 Å². The summed E-state index contributed by atoms with van der Waals surface area (Å²) < 4.78 is 25.1. The lowest BCUT2D eigenvalue weighted by Crippen LogP contribution is -2.07. The van der Waals surface area contributed by atoms with Crippen LogP contribution in [0.3, 0.4) is 0 Å². The van der Waals surface area contributed by atoms with Gasteiger partial charge >= 0.3 is 0 Å². The van der Waals surface area contributed by atoms with Crippen LogP contribution in [0.15, 0.2) is 46.2 Å². The zero-order valence-electron chi connectivity index (χ0n) is 15.9. The number of benzene rings is 2. The smallest absolute Gasteiger partial charge is 0.241 e. The summed E-state index contributed by atoms with van der Waals surface area (Å²) in [6, 6.07) is 8.88. The number of carbonyl (C=O) groups excluding carboxylic acids is 2. The van der Waals surface area contributed by atoms with Gasteiger partial charge in [-0.3, -0.25) is 9.59 Å². The number of thioether (sulfide) groups is 2. The zero-order valence-corrected chi connectivity index (χ0v) is 20.6. The summed E-state index contributed by atoms with van der Waals surface area (Å²) in [5.41, 5.74) is 0.325. The molecule has 0 aromatic heterocycles. The molecule has 0 atom stereocenters. The van der Waals surface area contributed by atoms with Gasteiger partial charge < -0.3 is 24.1 Å². The van der Waals surface area contributed by atoms with Gasteiger partial charge in [0, 0.05) is 23.6 Å². The van der Waals surface area contributed by atoms with Crippen molar-refractivity contribution in [2.24, 2.45) is 0 Å². The minimum Gasteiger partial charge on any atom is -2.00 e. The van der Waals surface area contributed by atoms with E-state index in [1.54, 1.807) is 18.2 Å². The highest BCUT2D eigenvalue weighted by atomic mass is 35.6. The van der Waals surface area contributed by atoms with Crippen LogP contribution in [-0.4, -0.2) is 21.2 Å². The van der Waals surface area contributed by atoms with Gasteiger partial charge in [-0.1, -0.05) is 54.0 Å². The first-order valence-electron chi connectivity index (χ1n) is 7.85. The van der Waals surface area contributed by atoms with Gasteiger partial charge in [-0.2, -0.15) is 0 Å². The molecular weight excluding hydrogens is 529 g/mol. The number of rotatable bonds is 4. The van der Waals surface area contributed by atoms with Crippen LogP contribution >= 0.6 is 58.3 Å². The molecule has 12 heteroatoms. The van der Waals surface area contributed by atoms with Crippen LogP contribution in [0.2, 0.25) is 0 Å². The van der Waals surface area contributed by atoms with E-state index < -0.39 is 14.8 Å². The molecule has 0 radical (unpaired) electrons. The molecule has 0 bridgehead atoms. The van der Waals surface area contributed by atoms with Crippen LogP contribution in [0.1, 0.15) is 21.3 Å². The lowest BCUT2D eigenvalue weighted by molar-refractivity contribution is -0.115. The summed E-state index contributed by atoms with van der Waals surface area (Å²) in [5, 5.41) is 4.74. The highest BCUT2D eigenvalue weighted by Crippen LogP contribution is 2.44. The molecular formula is C19H21Cl3F2N2O2S3-2. The Balaban J connectivity index is 0. The SMILES string of the molecule is C.CC(=O)Nc1ccc(SC(Cl)(Cl)Cl)cc1F.CSc1ccc(NC(C)=O)c(F)c1.[S-2]. The molecule has 0 saturated heterocycles. The van der Waals surface area contributed by atoms with Gasteiger partial charge in [-0.25, -0.2) is 8.78 Å². The van der Waals surface area contributed by atoms with Gasteiger partial charge in [0.05, 0.1) is 11.4 Å². The van der Waals surface area contributed by atoms with Crippen molar-refractivity contribution in [3.05, 3.63) is 48.0 Å². The summed E-state index contributed by atoms with van der Waals surface area (Å²) in [6.07, 6.45) is 1.87. The number of amides is 2. The number of alkyl halides is 3. The van der Waals surface area contributed by atoms with E-state index in [1.807, 2.05) is 6.26 Å². The molecule has 2 aromatic rings. The van der Waals surface area contributed by atoms with E-state index in [0.29, 0.717) is 4.90 Å². The molecule has 2 rings (SSSR count). The number of carbonyl (C=O) groups is 2. The second-order valence-corrected chi connectivity index (χ2v) is 10.5. The van der Waals surface area contributed by atoms with Gasteiger partial charge in [0.25, 0.3) is 0 Å². The maximum absolute atomic E-state index is 13.4. The molecule has 0 aliphatic rings. The monoisotopic (exact) mass is 548 g/mol. The highest BCUT2D eigenvalue weighted by molar-refractivity contribution is 8.04. The van der Waals surface area contributed by atoms with E-state index in [4.69, 9.17) is 34.8 Å². The first-order valence-corrected chi connectivity index (χ1v) is 11.0. The molecule has 0 aliphatic carbocycles. The molecule has 0 aliphatic heterocycles. The van der Waals surface area contributed by atoms with Gasteiger partial charge in [0.2, 0.25) is 14.9 Å². The zero-order chi connectivity index (χ0) is 22.2. The van der Waals surface area contributed by atoms with Crippen LogP contribution in [0.5, 0.6) is 0 Å². The first-order chi connectivity index (χ1) is 13.4. The summed E-state index contributed by atoms with van der Waals surface area (Å²) in [5.74, 6) is -1.59. The van der Waals surface area contributed by atoms with Gasteiger partial charge in [-0.15, -0.1) is 11.8 Å². The number of anilines is 2. The Morgan fingerprint density at radius 1 is 0.871 bits per heavy atom. The maximum atomic E-state index is 13.4. The predicted octanol–water partition coefficient (Wildman–Crippen LogP) is 7.34. The lowest BCUT2D eigenvalue weighted by Gasteiger charge is -2.11. The van der Waals surface area contributed by atoms with Crippen LogP contribution in [0.25, 0.3) is 0 Å². The lowest BCUT2D eigenvalue weighted by atomic mass is 10.3. The Bertz CT molecular complexity index is 885. The number of halogens is 5. The van der Waals surface area contributed by atoms with Crippen molar-refractivity contribution in [3.8, 4) is 0 Å². The highest BCUT2D eigenvalue weighted by Gasteiger charge is 2.21. The number of hydrogen-bond donors (Lipinski definition) is 2. The first kappa shape index (κ1) is 32.3. The summed E-state index contributed by atoms with van der Waals surface area (Å²) in [4.78, 5) is 22.7. The van der Waals surface area contributed by atoms with Crippen LogP contribution in [0.4, 0.5) is 20.2 Å². The standard InChI is InChI=1S/C9H7Cl3FNOS.C9H10FNOS.CH4.S/c1-5(15)14-8-3-2-6(4-7(8)13)16-9(10,11)12;1-6(12)11-9-4-3-7(13-2)5-8(9)10;;/h2-4H,1H3,(H,14,15);3-5H,1-2H3,(H,11,12);1H4;/q;;;-2. The van der Waals surface area contributed by atoms with Crippen molar-refractivity contribution < 1.29 is 18.4 Å². The molecule has 0 saturated carbocycles. The van der Waals surface area contributed by atoms with Crippen LogP contribution in [-0.2, 0) is 23.1 Å². The quantitative estimate of drug-likeness (QED) is 0.309. The second kappa shape index (κ2) is 15.1. The summed E-state index contributed by atoms with van der Waals surface area (Å²) in [6.45, 7) is 2.64. The molecule has 0 unspecified atom stereocenters. The van der Waals surface area contributed by atoms with Crippen molar-refractivity contribution in [2.45, 2.75) is 34.2 Å². The van der Waals surface area contributed by atoms with Crippen molar-refractivity contribution in [3.63, 3.8) is 0 Å². The molecule has 0 fully saturated rings. The minimum atomic E-state index is -1.54. The third-order valence-corrected chi connectivity index (χ3v) is 5.11. The molecule has 31 heavy (non-hydrogen) atoms. The van der Waals surface area contributed by atoms with E-state index >= 15 is 0 Å². The van der Waals surface area contributed by atoms with E-state index in [9.17, 15) is 18.4 Å². The number of nitrogens with one attached hydrogen (secondary N) is 2. The Labute approximate surface area is 211 Å². The Kier molecular flexibility index (Phi) is 15.7. The van der Waals surface area contributed by atoms with Crippen LogP contribution < -0.4 is 10.6 Å². The molecule has 0 heterocycles. The molecule has 2 N–H and O–H groups in total. The minimum absolute atomic E-state index is 0. The maximum Gasteiger partial charge on any atom is 0.241 e. The normalized spacial score (nSPS) is 9.94. The molecule has 4 nitrogen and oxygen atoms in total. The topological polar surface area (TPSA) is 58.2 Å². The Morgan fingerprint density at radius 3 is 1.58 bits per heavy atom. The summed E-state index contributed by atoms with van der Waals surface area (Å²) >= 11 is 19.0. The van der Waals surface area contributed by atoms with Crippen molar-refractivity contribution in [1.82, 2.24) is 0 Å². The van der Waals surface area contributed by atoms with Crippen molar-refractivity contribution in [2.75, 3.05) is 16.9 Å². The Morgan fingerprint density at radius 2 is 1.26 bits per heavy atom. The molecule has 2 aromatic carbocycles. The van der Waals surface area contributed by atoms with Crippen LogP contribution in [0, 0.1) is 11.6 Å².